The lowest BCUT2D eigenvalue weighted by molar-refractivity contribution is -0.0320. The summed E-state index contributed by atoms with van der Waals surface area (Å²) in [4.78, 5) is 6.91. The van der Waals surface area contributed by atoms with E-state index in [0.717, 1.165) is 84.4 Å². The number of hydrogen-bond acceptors (Lipinski definition) is 5. The van der Waals surface area contributed by atoms with Gasteiger partial charge in [-0.3, -0.25) is 9.89 Å². The first kappa shape index (κ1) is 22.4. The van der Waals surface area contributed by atoms with E-state index in [2.05, 4.69) is 34.4 Å². The first-order chi connectivity index (χ1) is 13.2. The van der Waals surface area contributed by atoms with E-state index in [9.17, 15) is 0 Å². The van der Waals surface area contributed by atoms with E-state index < -0.39 is 0 Å². The van der Waals surface area contributed by atoms with Crippen LogP contribution in [0.25, 0.3) is 0 Å². The molecular formula is C20H40N4O3. The van der Waals surface area contributed by atoms with Gasteiger partial charge in [-0.15, -0.1) is 0 Å². The SMILES string of the molecule is CN=C(NCCCOC1CCOCC1)NCC(CC(C)C)N1CCOCC1. The van der Waals surface area contributed by atoms with E-state index in [-0.39, 0.29) is 0 Å². The van der Waals surface area contributed by atoms with Crippen LogP contribution in [0.2, 0.25) is 0 Å². The van der Waals surface area contributed by atoms with Gasteiger partial charge in [0.2, 0.25) is 0 Å². The highest BCUT2D eigenvalue weighted by Crippen LogP contribution is 2.13. The number of rotatable bonds is 10. The summed E-state index contributed by atoms with van der Waals surface area (Å²) in [7, 11) is 1.83. The molecule has 2 saturated heterocycles. The molecule has 2 heterocycles. The van der Waals surface area contributed by atoms with Crippen LogP contribution < -0.4 is 10.6 Å². The largest absolute Gasteiger partial charge is 0.381 e. The summed E-state index contributed by atoms with van der Waals surface area (Å²) in [6, 6.07) is 0.518. The summed E-state index contributed by atoms with van der Waals surface area (Å²) >= 11 is 0. The van der Waals surface area contributed by atoms with Gasteiger partial charge in [0.15, 0.2) is 5.96 Å². The van der Waals surface area contributed by atoms with Gasteiger partial charge >= 0.3 is 0 Å². The van der Waals surface area contributed by atoms with Gasteiger partial charge < -0.3 is 24.8 Å². The molecule has 0 bridgehead atoms. The smallest absolute Gasteiger partial charge is 0.191 e. The molecule has 0 aromatic rings. The summed E-state index contributed by atoms with van der Waals surface area (Å²) in [6.45, 7) is 12.6. The molecule has 27 heavy (non-hydrogen) atoms. The quantitative estimate of drug-likeness (QED) is 0.338. The van der Waals surface area contributed by atoms with Crippen LogP contribution in [0.15, 0.2) is 4.99 Å². The highest BCUT2D eigenvalue weighted by molar-refractivity contribution is 5.79. The molecule has 7 heteroatoms. The summed E-state index contributed by atoms with van der Waals surface area (Å²) in [5.41, 5.74) is 0. The number of aliphatic imine (C=N–C) groups is 1. The van der Waals surface area contributed by atoms with Crippen molar-refractivity contribution in [3.63, 3.8) is 0 Å². The summed E-state index contributed by atoms with van der Waals surface area (Å²) in [6.07, 6.45) is 4.59. The Kier molecular flexibility index (Phi) is 11.0. The Hall–Kier alpha value is -0.890. The van der Waals surface area contributed by atoms with Gasteiger partial charge in [0.05, 0.1) is 19.3 Å². The molecule has 0 aliphatic carbocycles. The van der Waals surface area contributed by atoms with Crippen molar-refractivity contribution in [2.24, 2.45) is 10.9 Å². The lowest BCUT2D eigenvalue weighted by Gasteiger charge is -2.35. The van der Waals surface area contributed by atoms with Crippen LogP contribution in [0.5, 0.6) is 0 Å². The molecule has 0 radical (unpaired) electrons. The van der Waals surface area contributed by atoms with Gasteiger partial charge in [-0.1, -0.05) is 13.8 Å². The van der Waals surface area contributed by atoms with Gasteiger partial charge in [0.25, 0.3) is 0 Å². The molecule has 0 aromatic carbocycles. The molecule has 2 N–H and O–H groups in total. The molecule has 0 amide bonds. The minimum absolute atomic E-state index is 0.376. The second-order valence-electron chi connectivity index (χ2n) is 7.85. The van der Waals surface area contributed by atoms with Crippen molar-refractivity contribution in [1.82, 2.24) is 15.5 Å². The molecular weight excluding hydrogens is 344 g/mol. The standard InChI is InChI=1S/C20H40N4O3/c1-17(2)15-18(24-8-13-26-14-9-24)16-23-20(21-3)22-7-4-10-27-19-5-11-25-12-6-19/h17-19H,4-16H2,1-3H3,(H2,21,22,23). The molecule has 2 aliphatic heterocycles. The van der Waals surface area contributed by atoms with Gasteiger partial charge in [0, 0.05) is 59.1 Å². The van der Waals surface area contributed by atoms with Crippen LogP contribution in [0.1, 0.15) is 39.5 Å². The van der Waals surface area contributed by atoms with Crippen LogP contribution in [0.4, 0.5) is 0 Å². The maximum absolute atomic E-state index is 5.92. The fourth-order valence-corrected chi connectivity index (χ4v) is 3.65. The van der Waals surface area contributed by atoms with Gasteiger partial charge in [-0.2, -0.15) is 0 Å². The molecule has 2 aliphatic rings. The van der Waals surface area contributed by atoms with E-state index in [4.69, 9.17) is 14.2 Å². The first-order valence-electron chi connectivity index (χ1n) is 10.6. The second-order valence-corrected chi connectivity index (χ2v) is 7.85. The van der Waals surface area contributed by atoms with E-state index in [1.165, 1.54) is 6.42 Å². The second kappa shape index (κ2) is 13.3. The minimum Gasteiger partial charge on any atom is -0.381 e. The number of guanidine groups is 1. The molecule has 2 fully saturated rings. The van der Waals surface area contributed by atoms with Crippen molar-refractivity contribution in [3.8, 4) is 0 Å². The zero-order chi connectivity index (χ0) is 19.3. The van der Waals surface area contributed by atoms with Crippen molar-refractivity contribution in [2.75, 3.05) is 66.3 Å². The predicted octanol–water partition coefficient (Wildman–Crippen LogP) is 1.48. The van der Waals surface area contributed by atoms with Crippen molar-refractivity contribution < 1.29 is 14.2 Å². The van der Waals surface area contributed by atoms with E-state index >= 15 is 0 Å². The number of ether oxygens (including phenoxy) is 3. The highest BCUT2D eigenvalue weighted by atomic mass is 16.5. The summed E-state index contributed by atoms with van der Waals surface area (Å²) in [5.74, 6) is 1.56. The van der Waals surface area contributed by atoms with Crippen LogP contribution in [0, 0.1) is 5.92 Å². The lowest BCUT2D eigenvalue weighted by Crippen LogP contribution is -2.51. The number of nitrogens with one attached hydrogen (secondary N) is 2. The Labute approximate surface area is 165 Å². The zero-order valence-corrected chi connectivity index (χ0v) is 17.5. The maximum atomic E-state index is 5.92. The average Bonchev–Trinajstić information content (AvgIpc) is 2.70. The fraction of sp³-hybridized carbons (Fsp3) is 0.950. The van der Waals surface area contributed by atoms with Crippen LogP contribution in [0.3, 0.4) is 0 Å². The third-order valence-corrected chi connectivity index (χ3v) is 5.17. The van der Waals surface area contributed by atoms with Crippen LogP contribution in [-0.4, -0.2) is 89.3 Å². The first-order valence-corrected chi connectivity index (χ1v) is 10.6. The van der Waals surface area contributed by atoms with Crippen molar-refractivity contribution in [2.45, 2.75) is 51.7 Å². The summed E-state index contributed by atoms with van der Waals surface area (Å²) < 4.78 is 16.8. The van der Waals surface area contributed by atoms with Gasteiger partial charge in [0.1, 0.15) is 0 Å². The van der Waals surface area contributed by atoms with Crippen molar-refractivity contribution in [3.05, 3.63) is 0 Å². The van der Waals surface area contributed by atoms with Gasteiger partial charge in [-0.25, -0.2) is 0 Å². The maximum Gasteiger partial charge on any atom is 0.191 e. The van der Waals surface area contributed by atoms with Crippen molar-refractivity contribution in [1.29, 1.82) is 0 Å². The number of hydrogen-bond donors (Lipinski definition) is 2. The molecule has 0 saturated carbocycles. The van der Waals surface area contributed by atoms with E-state index in [1.54, 1.807) is 0 Å². The highest BCUT2D eigenvalue weighted by Gasteiger charge is 2.22. The Morgan fingerprint density at radius 3 is 2.48 bits per heavy atom. The topological polar surface area (TPSA) is 67.4 Å². The third kappa shape index (κ3) is 9.23. The van der Waals surface area contributed by atoms with E-state index in [1.807, 2.05) is 7.05 Å². The fourth-order valence-electron chi connectivity index (χ4n) is 3.65. The van der Waals surface area contributed by atoms with Crippen LogP contribution >= 0.6 is 0 Å². The molecule has 1 unspecified atom stereocenters. The Morgan fingerprint density at radius 1 is 1.11 bits per heavy atom. The molecule has 158 valence electrons. The Morgan fingerprint density at radius 2 is 1.81 bits per heavy atom. The molecule has 0 aromatic heterocycles. The third-order valence-electron chi connectivity index (χ3n) is 5.17. The lowest BCUT2D eigenvalue weighted by atomic mass is 10.0. The van der Waals surface area contributed by atoms with Crippen LogP contribution in [-0.2, 0) is 14.2 Å². The number of nitrogens with zero attached hydrogens (tertiary/aromatic N) is 2. The van der Waals surface area contributed by atoms with Gasteiger partial charge in [-0.05, 0) is 31.6 Å². The predicted molar refractivity (Wildman–Crippen MR) is 109 cm³/mol. The Balaban J connectivity index is 1.63. The minimum atomic E-state index is 0.376. The van der Waals surface area contributed by atoms with E-state index in [0.29, 0.717) is 18.1 Å². The summed E-state index contributed by atoms with van der Waals surface area (Å²) in [5, 5.41) is 6.92. The monoisotopic (exact) mass is 384 g/mol. The molecule has 0 spiro atoms. The Bertz CT molecular complexity index is 408. The zero-order valence-electron chi connectivity index (χ0n) is 17.5. The average molecular weight is 385 g/mol. The normalized spacial score (nSPS) is 21.4. The number of morpholine rings is 1. The molecule has 7 nitrogen and oxygen atoms in total. The van der Waals surface area contributed by atoms with Crippen molar-refractivity contribution >= 4 is 5.96 Å². The molecule has 2 rings (SSSR count). The molecule has 1 atom stereocenters.